The lowest BCUT2D eigenvalue weighted by Gasteiger charge is -1.94. The summed E-state index contributed by atoms with van der Waals surface area (Å²) in [5.74, 6) is 1.30. The Labute approximate surface area is 106 Å². The molecule has 2 rings (SSSR count). The Morgan fingerprint density at radius 3 is 3.06 bits per heavy atom. The second-order valence-electron chi connectivity index (χ2n) is 3.35. The van der Waals surface area contributed by atoms with Gasteiger partial charge in [0.25, 0.3) is 0 Å². The first kappa shape index (κ1) is 11.8. The first-order valence-corrected chi connectivity index (χ1v) is 6.68. The molecule has 0 atom stereocenters. The normalized spacial score (nSPS) is 10.9. The maximum absolute atomic E-state index is 5.57. The third kappa shape index (κ3) is 2.90. The van der Waals surface area contributed by atoms with E-state index in [4.69, 9.17) is 4.42 Å². The number of hydrogen-bond donors (Lipinski definition) is 1. The van der Waals surface area contributed by atoms with Crippen LogP contribution in [-0.4, -0.2) is 23.8 Å². The highest BCUT2D eigenvalue weighted by molar-refractivity contribution is 9.11. The standard InChI is InChI=1S/C10H12BrN3OS/c1-12-4-2-3-9-13-14-10(15-9)7-5-8(11)16-6-7/h5-6,12H,2-4H2,1H3. The molecule has 0 spiro atoms. The number of aromatic nitrogens is 2. The number of nitrogens with one attached hydrogen (secondary N) is 1. The number of rotatable bonds is 5. The van der Waals surface area contributed by atoms with Crippen LogP contribution in [0.25, 0.3) is 11.5 Å². The van der Waals surface area contributed by atoms with Crippen molar-refractivity contribution < 1.29 is 4.42 Å². The van der Waals surface area contributed by atoms with Gasteiger partial charge in [-0.2, -0.15) is 0 Å². The van der Waals surface area contributed by atoms with Gasteiger partial charge in [0, 0.05) is 11.8 Å². The predicted octanol–water partition coefficient (Wildman–Crippen LogP) is 2.71. The SMILES string of the molecule is CNCCCc1nnc(-c2csc(Br)c2)o1. The lowest BCUT2D eigenvalue weighted by molar-refractivity contribution is 0.495. The van der Waals surface area contributed by atoms with Gasteiger partial charge in [0.05, 0.1) is 9.35 Å². The summed E-state index contributed by atoms with van der Waals surface area (Å²) in [6.45, 7) is 0.960. The molecule has 0 saturated heterocycles. The molecule has 2 heterocycles. The molecule has 0 unspecified atom stereocenters. The van der Waals surface area contributed by atoms with Crippen molar-refractivity contribution in [2.45, 2.75) is 12.8 Å². The maximum Gasteiger partial charge on any atom is 0.248 e. The van der Waals surface area contributed by atoms with Crippen molar-refractivity contribution >= 4 is 27.3 Å². The molecular formula is C10H12BrN3OS. The molecular weight excluding hydrogens is 290 g/mol. The minimum absolute atomic E-state index is 0.599. The van der Waals surface area contributed by atoms with E-state index in [1.54, 1.807) is 11.3 Å². The molecule has 2 aromatic rings. The van der Waals surface area contributed by atoms with Crippen LogP contribution in [0.4, 0.5) is 0 Å². The van der Waals surface area contributed by atoms with Gasteiger partial charge in [-0.1, -0.05) is 0 Å². The quantitative estimate of drug-likeness (QED) is 0.863. The topological polar surface area (TPSA) is 51.0 Å². The Balaban J connectivity index is 2.02. The monoisotopic (exact) mass is 301 g/mol. The van der Waals surface area contributed by atoms with Crippen LogP contribution in [0.1, 0.15) is 12.3 Å². The average Bonchev–Trinajstić information content (AvgIpc) is 2.87. The number of aryl methyl sites for hydroxylation is 1. The first-order chi connectivity index (χ1) is 7.79. The van der Waals surface area contributed by atoms with Gasteiger partial charge >= 0.3 is 0 Å². The highest BCUT2D eigenvalue weighted by Crippen LogP contribution is 2.28. The van der Waals surface area contributed by atoms with E-state index in [1.807, 2.05) is 18.5 Å². The molecule has 86 valence electrons. The van der Waals surface area contributed by atoms with Crippen LogP contribution in [0.3, 0.4) is 0 Å². The van der Waals surface area contributed by atoms with Crippen LogP contribution in [0.2, 0.25) is 0 Å². The molecule has 0 amide bonds. The van der Waals surface area contributed by atoms with Crippen LogP contribution in [0.15, 0.2) is 19.6 Å². The molecule has 0 aliphatic carbocycles. The van der Waals surface area contributed by atoms with Gasteiger partial charge in [0.2, 0.25) is 11.8 Å². The van der Waals surface area contributed by atoms with Gasteiger partial charge in [0.1, 0.15) is 0 Å². The van der Waals surface area contributed by atoms with E-state index in [-0.39, 0.29) is 0 Å². The van der Waals surface area contributed by atoms with Crippen LogP contribution in [0, 0.1) is 0 Å². The predicted molar refractivity (Wildman–Crippen MR) is 67.6 cm³/mol. The van der Waals surface area contributed by atoms with E-state index in [0.717, 1.165) is 28.7 Å². The summed E-state index contributed by atoms with van der Waals surface area (Å²) >= 11 is 5.02. The largest absolute Gasteiger partial charge is 0.421 e. The van der Waals surface area contributed by atoms with Crippen LogP contribution in [0.5, 0.6) is 0 Å². The molecule has 0 saturated carbocycles. The van der Waals surface area contributed by atoms with Crippen LogP contribution >= 0.6 is 27.3 Å². The molecule has 0 aromatic carbocycles. The second kappa shape index (κ2) is 5.56. The highest BCUT2D eigenvalue weighted by Gasteiger charge is 2.09. The van der Waals surface area contributed by atoms with Crippen LogP contribution < -0.4 is 5.32 Å². The molecule has 16 heavy (non-hydrogen) atoms. The Hall–Kier alpha value is -0.720. The fourth-order valence-electron chi connectivity index (χ4n) is 1.31. The van der Waals surface area contributed by atoms with Gasteiger partial charge in [-0.05, 0) is 42.0 Å². The first-order valence-electron chi connectivity index (χ1n) is 5.01. The summed E-state index contributed by atoms with van der Waals surface area (Å²) in [5, 5.41) is 13.1. The zero-order valence-electron chi connectivity index (χ0n) is 8.86. The zero-order chi connectivity index (χ0) is 11.4. The maximum atomic E-state index is 5.57. The van der Waals surface area contributed by atoms with Crippen molar-refractivity contribution in [2.24, 2.45) is 0 Å². The zero-order valence-corrected chi connectivity index (χ0v) is 11.3. The van der Waals surface area contributed by atoms with E-state index >= 15 is 0 Å². The molecule has 2 aromatic heterocycles. The van der Waals surface area contributed by atoms with Gasteiger partial charge in [-0.25, -0.2) is 0 Å². The number of hydrogen-bond acceptors (Lipinski definition) is 5. The van der Waals surface area contributed by atoms with Gasteiger partial charge in [0.15, 0.2) is 0 Å². The fourth-order valence-corrected chi connectivity index (χ4v) is 2.44. The highest BCUT2D eigenvalue weighted by atomic mass is 79.9. The van der Waals surface area contributed by atoms with Crippen molar-refractivity contribution in [2.75, 3.05) is 13.6 Å². The Bertz CT molecular complexity index is 454. The third-order valence-corrected chi connectivity index (χ3v) is 3.60. The number of thiophene rings is 1. The minimum atomic E-state index is 0.599. The lowest BCUT2D eigenvalue weighted by Crippen LogP contribution is -2.08. The number of nitrogens with zero attached hydrogens (tertiary/aromatic N) is 2. The number of halogens is 1. The average molecular weight is 302 g/mol. The van der Waals surface area contributed by atoms with Gasteiger partial charge in [-0.15, -0.1) is 21.5 Å². The second-order valence-corrected chi connectivity index (χ2v) is 5.64. The third-order valence-electron chi connectivity index (χ3n) is 2.10. The van der Waals surface area contributed by atoms with Crippen molar-refractivity contribution in [1.82, 2.24) is 15.5 Å². The van der Waals surface area contributed by atoms with E-state index in [2.05, 4.69) is 31.4 Å². The van der Waals surface area contributed by atoms with Gasteiger partial charge in [-0.3, -0.25) is 0 Å². The molecule has 6 heteroatoms. The molecule has 0 aliphatic rings. The summed E-state index contributed by atoms with van der Waals surface area (Å²) < 4.78 is 6.63. The molecule has 0 fully saturated rings. The van der Waals surface area contributed by atoms with E-state index in [9.17, 15) is 0 Å². The smallest absolute Gasteiger partial charge is 0.248 e. The van der Waals surface area contributed by atoms with E-state index in [0.29, 0.717) is 11.8 Å². The summed E-state index contributed by atoms with van der Waals surface area (Å²) in [7, 11) is 1.93. The van der Waals surface area contributed by atoms with Crippen molar-refractivity contribution in [3.63, 3.8) is 0 Å². The van der Waals surface area contributed by atoms with E-state index in [1.165, 1.54) is 0 Å². The summed E-state index contributed by atoms with van der Waals surface area (Å²) in [4.78, 5) is 0. The summed E-state index contributed by atoms with van der Waals surface area (Å²) in [6.07, 6.45) is 1.82. The Morgan fingerprint density at radius 1 is 1.50 bits per heavy atom. The summed E-state index contributed by atoms with van der Waals surface area (Å²) in [5.41, 5.74) is 0.976. The summed E-state index contributed by atoms with van der Waals surface area (Å²) in [6, 6.07) is 1.98. The van der Waals surface area contributed by atoms with Crippen molar-refractivity contribution in [3.8, 4) is 11.5 Å². The Kier molecular flexibility index (Phi) is 4.09. The van der Waals surface area contributed by atoms with E-state index < -0.39 is 0 Å². The fraction of sp³-hybridized carbons (Fsp3) is 0.400. The van der Waals surface area contributed by atoms with Crippen molar-refractivity contribution in [3.05, 3.63) is 21.1 Å². The lowest BCUT2D eigenvalue weighted by atomic mass is 10.3. The molecule has 0 bridgehead atoms. The van der Waals surface area contributed by atoms with Crippen molar-refractivity contribution in [1.29, 1.82) is 0 Å². The Morgan fingerprint density at radius 2 is 2.38 bits per heavy atom. The molecule has 1 N–H and O–H groups in total. The van der Waals surface area contributed by atoms with Gasteiger partial charge < -0.3 is 9.73 Å². The van der Waals surface area contributed by atoms with Crippen LogP contribution in [-0.2, 0) is 6.42 Å². The molecule has 0 radical (unpaired) electrons. The molecule has 4 nitrogen and oxygen atoms in total. The molecule has 0 aliphatic heterocycles. The minimum Gasteiger partial charge on any atom is -0.421 e.